The van der Waals surface area contributed by atoms with Crippen LogP contribution in [0.5, 0.6) is 5.75 Å². The van der Waals surface area contributed by atoms with E-state index in [1.54, 1.807) is 11.8 Å². The summed E-state index contributed by atoms with van der Waals surface area (Å²) >= 11 is 0. The lowest BCUT2D eigenvalue weighted by Gasteiger charge is -2.37. The zero-order valence-electron chi connectivity index (χ0n) is 15.9. The van der Waals surface area contributed by atoms with Crippen molar-refractivity contribution in [3.05, 3.63) is 29.3 Å². The van der Waals surface area contributed by atoms with Crippen molar-refractivity contribution in [2.24, 2.45) is 0 Å². The molecule has 2 fully saturated rings. The van der Waals surface area contributed by atoms with Crippen LogP contribution >= 0.6 is 0 Å². The normalized spacial score (nSPS) is 26.2. The highest BCUT2D eigenvalue weighted by Gasteiger charge is 2.44. The van der Waals surface area contributed by atoms with Gasteiger partial charge in [-0.05, 0) is 45.2 Å². The lowest BCUT2D eigenvalue weighted by molar-refractivity contribution is -0.139. The molecule has 4 rings (SSSR count). The molecule has 0 aromatic heterocycles. The average Bonchev–Trinajstić information content (AvgIpc) is 3.45. The van der Waals surface area contributed by atoms with Gasteiger partial charge in [-0.1, -0.05) is 11.6 Å². The van der Waals surface area contributed by atoms with Crippen LogP contribution in [0.25, 0.3) is 0 Å². The molecule has 2 heterocycles. The van der Waals surface area contributed by atoms with E-state index in [1.165, 1.54) is 0 Å². The SMILES string of the molecule is Cc1ccc2c(c1)C(=O)C[C@]1(CCC(=O)N([C@H](C)C(=O)NC3CC3)CC1)O2. The number of ether oxygens (including phenoxy) is 1. The third-order valence-corrected chi connectivity index (χ3v) is 5.94. The molecule has 2 aliphatic heterocycles. The summed E-state index contributed by atoms with van der Waals surface area (Å²) < 4.78 is 6.28. The first-order valence-corrected chi connectivity index (χ1v) is 9.80. The quantitative estimate of drug-likeness (QED) is 0.886. The number of Topliss-reactive ketones (excluding diaryl/α,β-unsaturated/α-hetero) is 1. The van der Waals surface area contributed by atoms with Crippen LogP contribution < -0.4 is 10.1 Å². The van der Waals surface area contributed by atoms with Gasteiger partial charge in [0.1, 0.15) is 17.4 Å². The fourth-order valence-electron chi connectivity index (χ4n) is 4.04. The van der Waals surface area contributed by atoms with E-state index in [2.05, 4.69) is 5.32 Å². The Kier molecular flexibility index (Phi) is 4.44. The maximum atomic E-state index is 12.7. The summed E-state index contributed by atoms with van der Waals surface area (Å²) in [6.07, 6.45) is 3.66. The van der Waals surface area contributed by atoms with Gasteiger partial charge in [-0.25, -0.2) is 0 Å². The fourth-order valence-corrected chi connectivity index (χ4v) is 4.04. The van der Waals surface area contributed by atoms with Crippen LogP contribution in [0.2, 0.25) is 0 Å². The second kappa shape index (κ2) is 6.66. The maximum absolute atomic E-state index is 12.7. The summed E-state index contributed by atoms with van der Waals surface area (Å²) in [6.45, 7) is 4.15. The summed E-state index contributed by atoms with van der Waals surface area (Å²) in [5.41, 5.74) is 1.00. The minimum atomic E-state index is -0.656. The number of amides is 2. The van der Waals surface area contributed by atoms with Crippen LogP contribution in [0.15, 0.2) is 18.2 Å². The van der Waals surface area contributed by atoms with E-state index in [-0.39, 0.29) is 36.5 Å². The van der Waals surface area contributed by atoms with Gasteiger partial charge in [-0.3, -0.25) is 14.4 Å². The van der Waals surface area contributed by atoms with Gasteiger partial charge >= 0.3 is 0 Å². The molecule has 1 aromatic rings. The van der Waals surface area contributed by atoms with Gasteiger partial charge in [-0.15, -0.1) is 0 Å². The van der Waals surface area contributed by atoms with Crippen LogP contribution in [0.3, 0.4) is 0 Å². The first-order valence-electron chi connectivity index (χ1n) is 9.80. The molecule has 6 nitrogen and oxygen atoms in total. The average molecular weight is 370 g/mol. The van der Waals surface area contributed by atoms with E-state index in [0.717, 1.165) is 18.4 Å². The zero-order chi connectivity index (χ0) is 19.2. The number of carbonyl (C=O) groups excluding carboxylic acids is 3. The first-order chi connectivity index (χ1) is 12.9. The number of carbonyl (C=O) groups is 3. The van der Waals surface area contributed by atoms with Gasteiger partial charge in [0.05, 0.1) is 12.0 Å². The van der Waals surface area contributed by atoms with Crippen molar-refractivity contribution in [1.29, 1.82) is 0 Å². The van der Waals surface area contributed by atoms with Gasteiger partial charge in [-0.2, -0.15) is 0 Å². The molecule has 1 spiro atoms. The van der Waals surface area contributed by atoms with Gasteiger partial charge in [0.2, 0.25) is 11.8 Å². The van der Waals surface area contributed by atoms with E-state index in [0.29, 0.717) is 30.7 Å². The molecule has 6 heteroatoms. The molecule has 27 heavy (non-hydrogen) atoms. The Hall–Kier alpha value is -2.37. The molecule has 2 amide bonds. The molecule has 1 aromatic carbocycles. The van der Waals surface area contributed by atoms with Gasteiger partial charge in [0.15, 0.2) is 5.78 Å². The number of nitrogens with one attached hydrogen (secondary N) is 1. The van der Waals surface area contributed by atoms with Crippen LogP contribution in [-0.2, 0) is 9.59 Å². The molecule has 1 N–H and O–H groups in total. The summed E-state index contributed by atoms with van der Waals surface area (Å²) in [6, 6.07) is 5.42. The Morgan fingerprint density at radius 2 is 2.07 bits per heavy atom. The van der Waals surface area contributed by atoms with Gasteiger partial charge in [0, 0.05) is 25.4 Å². The Bertz CT molecular complexity index is 801. The molecule has 3 aliphatic rings. The minimum absolute atomic E-state index is 0.0453. The van der Waals surface area contributed by atoms with Crippen LogP contribution in [0.4, 0.5) is 0 Å². The third-order valence-electron chi connectivity index (χ3n) is 5.94. The number of rotatable bonds is 3. The van der Waals surface area contributed by atoms with E-state index < -0.39 is 11.6 Å². The maximum Gasteiger partial charge on any atom is 0.242 e. The number of nitrogens with zero attached hydrogens (tertiary/aromatic N) is 1. The van der Waals surface area contributed by atoms with Crippen molar-refractivity contribution in [3.8, 4) is 5.75 Å². The fraction of sp³-hybridized carbons (Fsp3) is 0.571. The second-order valence-corrected chi connectivity index (χ2v) is 8.18. The molecule has 1 aliphatic carbocycles. The lowest BCUT2D eigenvalue weighted by Crippen LogP contribution is -2.49. The van der Waals surface area contributed by atoms with Crippen molar-refractivity contribution in [1.82, 2.24) is 10.2 Å². The Balaban J connectivity index is 1.50. The van der Waals surface area contributed by atoms with E-state index in [4.69, 9.17) is 4.74 Å². The number of hydrogen-bond acceptors (Lipinski definition) is 4. The second-order valence-electron chi connectivity index (χ2n) is 8.18. The van der Waals surface area contributed by atoms with E-state index >= 15 is 0 Å². The third kappa shape index (κ3) is 3.57. The number of benzene rings is 1. The summed E-state index contributed by atoms with van der Waals surface area (Å²) in [4.78, 5) is 39.4. The van der Waals surface area contributed by atoms with E-state index in [1.807, 2.05) is 25.1 Å². The molecule has 0 unspecified atom stereocenters. The number of ketones is 1. The molecule has 0 radical (unpaired) electrons. The van der Waals surface area contributed by atoms with Crippen molar-refractivity contribution in [2.75, 3.05) is 6.54 Å². The molecule has 1 saturated carbocycles. The largest absolute Gasteiger partial charge is 0.486 e. The first kappa shape index (κ1) is 18.0. The van der Waals surface area contributed by atoms with Gasteiger partial charge in [0.25, 0.3) is 0 Å². The Labute approximate surface area is 159 Å². The smallest absolute Gasteiger partial charge is 0.242 e. The van der Waals surface area contributed by atoms with Gasteiger partial charge < -0.3 is 15.0 Å². The Morgan fingerprint density at radius 1 is 1.30 bits per heavy atom. The number of fused-ring (bicyclic) bond motifs is 1. The Morgan fingerprint density at radius 3 is 2.81 bits per heavy atom. The predicted octanol–water partition coefficient (Wildman–Crippen LogP) is 2.38. The lowest BCUT2D eigenvalue weighted by atomic mass is 9.84. The molecular weight excluding hydrogens is 344 g/mol. The van der Waals surface area contributed by atoms with Crippen molar-refractivity contribution < 1.29 is 19.1 Å². The predicted molar refractivity (Wildman–Crippen MR) is 99.7 cm³/mol. The highest BCUT2D eigenvalue weighted by atomic mass is 16.5. The number of likely N-dealkylation sites (tertiary alicyclic amines) is 1. The van der Waals surface area contributed by atoms with Crippen molar-refractivity contribution in [2.45, 2.75) is 70.1 Å². The summed E-state index contributed by atoms with van der Waals surface area (Å²) in [5, 5.41) is 2.97. The zero-order valence-corrected chi connectivity index (χ0v) is 15.9. The van der Waals surface area contributed by atoms with Crippen LogP contribution in [0, 0.1) is 6.92 Å². The standard InChI is InChI=1S/C21H26N2O4/c1-13-3-6-18-16(11-13)17(24)12-21(27-18)8-7-19(25)23(10-9-21)14(2)20(26)22-15-4-5-15/h3,6,11,14-15H,4-5,7-10,12H2,1-2H3,(H,22,26)/t14-,21-/m1/s1. The number of aryl methyl sites for hydroxylation is 1. The molecular formula is C21H26N2O4. The highest BCUT2D eigenvalue weighted by molar-refractivity contribution is 6.00. The van der Waals surface area contributed by atoms with Crippen molar-refractivity contribution in [3.63, 3.8) is 0 Å². The number of hydrogen-bond donors (Lipinski definition) is 1. The summed E-state index contributed by atoms with van der Waals surface area (Å²) in [5.74, 6) is 0.539. The van der Waals surface area contributed by atoms with E-state index in [9.17, 15) is 14.4 Å². The summed E-state index contributed by atoms with van der Waals surface area (Å²) in [7, 11) is 0. The van der Waals surface area contributed by atoms with Crippen molar-refractivity contribution >= 4 is 17.6 Å². The monoisotopic (exact) mass is 370 g/mol. The molecule has 0 bridgehead atoms. The van der Waals surface area contributed by atoms with Crippen LogP contribution in [-0.4, -0.2) is 46.7 Å². The van der Waals surface area contributed by atoms with Crippen LogP contribution in [0.1, 0.15) is 61.4 Å². The topological polar surface area (TPSA) is 75.7 Å². The minimum Gasteiger partial charge on any atom is -0.486 e. The molecule has 144 valence electrons. The molecule has 1 saturated heterocycles. The molecule has 2 atom stereocenters. The highest BCUT2D eigenvalue weighted by Crippen LogP contribution is 2.40.